The molecule has 428 valence electrons. The van der Waals surface area contributed by atoms with Crippen LogP contribution < -0.4 is 42.4 Å². The van der Waals surface area contributed by atoms with E-state index in [1.807, 2.05) is 42.5 Å². The third-order valence-corrected chi connectivity index (χ3v) is 15.1. The van der Waals surface area contributed by atoms with Crippen molar-refractivity contribution in [3.63, 3.8) is 0 Å². The smallest absolute Gasteiger partial charge is 0.411 e. The molecule has 0 saturated carbocycles. The number of ether oxygens (including phenoxy) is 2. The normalized spacial score (nSPS) is 15.9. The summed E-state index contributed by atoms with van der Waals surface area (Å²) in [5, 5.41) is 34.6. The molecule has 1 aromatic heterocycles. The second-order valence-corrected chi connectivity index (χ2v) is 22.0. The second kappa shape index (κ2) is 36.3. The summed E-state index contributed by atoms with van der Waals surface area (Å²) in [5.41, 5.74) is 8.83. The van der Waals surface area contributed by atoms with E-state index in [4.69, 9.17) is 20.3 Å². The van der Waals surface area contributed by atoms with Gasteiger partial charge in [0.05, 0.1) is 18.8 Å². The van der Waals surface area contributed by atoms with Crippen molar-refractivity contribution in [2.75, 3.05) is 36.5 Å². The third-order valence-electron chi connectivity index (χ3n) is 12.8. The summed E-state index contributed by atoms with van der Waals surface area (Å²) in [7, 11) is 3.17. The minimum absolute atomic E-state index is 0.189. The van der Waals surface area contributed by atoms with Crippen LogP contribution in [0.25, 0.3) is 0 Å². The third kappa shape index (κ3) is 25.6. The van der Waals surface area contributed by atoms with Gasteiger partial charge in [0.1, 0.15) is 42.8 Å². The minimum atomic E-state index is -1.03. The number of hydrogen-bond donors (Lipinski definition) is 8. The zero-order chi connectivity index (χ0) is 56.5. The highest BCUT2D eigenvalue weighted by molar-refractivity contribution is 8.76. The van der Waals surface area contributed by atoms with Gasteiger partial charge >= 0.3 is 12.1 Å². The molecule has 1 aliphatic heterocycles. The summed E-state index contributed by atoms with van der Waals surface area (Å²) in [6.45, 7) is 3.99. The summed E-state index contributed by atoms with van der Waals surface area (Å²) in [6.07, 6.45) is 15.7. The number of rotatable bonds is 33. The van der Waals surface area contributed by atoms with E-state index in [1.54, 1.807) is 74.9 Å². The zero-order valence-corrected chi connectivity index (χ0v) is 46.8. The van der Waals surface area contributed by atoms with E-state index in [0.717, 1.165) is 42.6 Å². The maximum absolute atomic E-state index is 14.0. The van der Waals surface area contributed by atoms with E-state index in [2.05, 4.69) is 49.1 Å². The second-order valence-electron chi connectivity index (χ2n) is 19.3. The number of carboxylic acid groups (broad SMARTS) is 1. The number of carboxylic acids is 1. The van der Waals surface area contributed by atoms with Gasteiger partial charge in [0.15, 0.2) is 0 Å². The standard InChI is InChI=1S/C57H78N10O10S2/c1-2-3-4-5-6-7-11-20-52(69)63-50(38-41-16-9-8-10-17-41)55(72)64-49-19-13-15-31-59-51(68)30-27-45(61-54(49)71)37-42-21-25-44(26-22-42)62-57(75)76-34-36-79-78-35-33-67-39-46(65-66-67)40-77-47-28-23-43(24-29-47)53(70)60-32-14-12-18-48(58)56(73)74/h8-10,16-17,21-30,39,45,48-50H,2-7,11-15,18-20,31-38,40,58H2,1H3,(H,59,68)(H,60,70)(H,61,71)(H,62,75)(H,63,69)(H,64,72)(H,73,74)/b30-27+/t45-,48+,49+,50+/m1/s1. The highest BCUT2D eigenvalue weighted by Crippen LogP contribution is 2.22. The molecule has 2 heterocycles. The van der Waals surface area contributed by atoms with Crippen LogP contribution in [0.3, 0.4) is 0 Å². The fourth-order valence-electron chi connectivity index (χ4n) is 8.35. The summed E-state index contributed by atoms with van der Waals surface area (Å²) >= 11 is 0. The van der Waals surface area contributed by atoms with E-state index in [9.17, 15) is 33.6 Å². The first-order valence-electron chi connectivity index (χ1n) is 27.4. The van der Waals surface area contributed by atoms with Crippen molar-refractivity contribution >= 4 is 68.9 Å². The van der Waals surface area contributed by atoms with Crippen LogP contribution in [0, 0.1) is 0 Å². The van der Waals surface area contributed by atoms with Crippen LogP contribution in [0.5, 0.6) is 5.75 Å². The molecule has 0 aliphatic carbocycles. The molecule has 9 N–H and O–H groups in total. The number of nitrogens with two attached hydrogens (primary N) is 1. The first-order chi connectivity index (χ1) is 38.3. The Labute approximate surface area is 471 Å². The van der Waals surface area contributed by atoms with Crippen LogP contribution in [-0.2, 0) is 54.7 Å². The van der Waals surface area contributed by atoms with Crippen LogP contribution in [0.2, 0.25) is 0 Å². The Morgan fingerprint density at radius 2 is 1.62 bits per heavy atom. The lowest BCUT2D eigenvalue weighted by atomic mass is 10.0. The molecule has 1 aliphatic rings. The summed E-state index contributed by atoms with van der Waals surface area (Å²) < 4.78 is 12.9. The predicted molar refractivity (Wildman–Crippen MR) is 307 cm³/mol. The Bertz CT molecular complexity index is 2530. The van der Waals surface area contributed by atoms with Gasteiger partial charge in [0.25, 0.3) is 5.91 Å². The molecule has 22 heteroatoms. The van der Waals surface area contributed by atoms with Gasteiger partial charge in [-0.05, 0) is 98.9 Å². The maximum atomic E-state index is 14.0. The fraction of sp³-hybridized carbons (Fsp3) is 0.491. The number of amides is 6. The van der Waals surface area contributed by atoms with E-state index >= 15 is 0 Å². The van der Waals surface area contributed by atoms with Crippen LogP contribution >= 0.6 is 21.6 Å². The number of aromatic nitrogens is 3. The van der Waals surface area contributed by atoms with Crippen LogP contribution in [0.1, 0.15) is 124 Å². The first-order valence-corrected chi connectivity index (χ1v) is 29.9. The topological polar surface area (TPSA) is 287 Å². The van der Waals surface area contributed by atoms with Crippen LogP contribution in [-0.4, -0.2) is 117 Å². The van der Waals surface area contributed by atoms with Crippen molar-refractivity contribution in [1.29, 1.82) is 0 Å². The van der Waals surface area contributed by atoms with E-state index < -0.39 is 48.0 Å². The van der Waals surface area contributed by atoms with Crippen molar-refractivity contribution in [2.45, 2.75) is 147 Å². The van der Waals surface area contributed by atoms with E-state index in [-0.39, 0.29) is 37.4 Å². The largest absolute Gasteiger partial charge is 0.487 e. The summed E-state index contributed by atoms with van der Waals surface area (Å²) in [6, 6.07) is 20.0. The van der Waals surface area contributed by atoms with E-state index in [0.29, 0.717) is 99.4 Å². The van der Waals surface area contributed by atoms with Crippen molar-refractivity contribution in [3.05, 3.63) is 120 Å². The average Bonchev–Trinajstić information content (AvgIpc) is 3.90. The van der Waals surface area contributed by atoms with E-state index in [1.165, 1.54) is 25.3 Å². The quantitative estimate of drug-likeness (QED) is 0.0175. The van der Waals surface area contributed by atoms with Crippen molar-refractivity contribution < 1.29 is 48.1 Å². The van der Waals surface area contributed by atoms with Gasteiger partial charge < -0.3 is 46.9 Å². The molecule has 0 radical (unpaired) electrons. The van der Waals surface area contributed by atoms with Gasteiger partial charge in [-0.3, -0.25) is 38.8 Å². The zero-order valence-electron chi connectivity index (χ0n) is 45.2. The highest BCUT2D eigenvalue weighted by atomic mass is 33.1. The van der Waals surface area contributed by atoms with Gasteiger partial charge in [-0.25, -0.2) is 4.79 Å². The lowest BCUT2D eigenvalue weighted by molar-refractivity contribution is -0.138. The Kier molecular flexibility index (Phi) is 28.9. The molecule has 0 bridgehead atoms. The Balaban J connectivity index is 1.000. The molecule has 0 unspecified atom stereocenters. The fourth-order valence-corrected chi connectivity index (χ4v) is 10.1. The molecule has 79 heavy (non-hydrogen) atoms. The number of carbonyl (C=O) groups is 7. The number of hydrogen-bond acceptors (Lipinski definition) is 14. The van der Waals surface area contributed by atoms with Crippen molar-refractivity contribution in [3.8, 4) is 5.75 Å². The molecule has 6 amide bonds. The Morgan fingerprint density at radius 3 is 2.38 bits per heavy atom. The van der Waals surface area contributed by atoms with Gasteiger partial charge in [-0.15, -0.1) is 5.10 Å². The Morgan fingerprint density at radius 1 is 0.873 bits per heavy atom. The number of benzene rings is 3. The number of unbranched alkanes of at least 4 members (excludes halogenated alkanes) is 7. The van der Waals surface area contributed by atoms with Gasteiger partial charge in [0.2, 0.25) is 23.6 Å². The lowest BCUT2D eigenvalue weighted by Crippen LogP contribution is -2.55. The molecule has 0 spiro atoms. The molecule has 5 rings (SSSR count). The van der Waals surface area contributed by atoms with Crippen LogP contribution in [0.4, 0.5) is 10.5 Å². The number of carbonyl (C=O) groups excluding carboxylic acids is 6. The molecule has 0 fully saturated rings. The number of anilines is 1. The monoisotopic (exact) mass is 1130 g/mol. The van der Waals surface area contributed by atoms with Gasteiger partial charge in [0, 0.05) is 54.8 Å². The highest BCUT2D eigenvalue weighted by Gasteiger charge is 2.28. The number of nitrogens with zero attached hydrogens (tertiary/aromatic N) is 3. The average molecular weight is 1130 g/mol. The molecular weight excluding hydrogens is 1050 g/mol. The molecule has 4 atom stereocenters. The Hall–Kier alpha value is -6.91. The summed E-state index contributed by atoms with van der Waals surface area (Å²) in [4.78, 5) is 89.7. The molecular formula is C57H78N10O10S2. The molecule has 20 nitrogen and oxygen atoms in total. The van der Waals surface area contributed by atoms with Crippen molar-refractivity contribution in [2.24, 2.45) is 5.73 Å². The van der Waals surface area contributed by atoms with Gasteiger partial charge in [-0.2, -0.15) is 0 Å². The number of nitrogens with one attached hydrogen (secondary N) is 6. The van der Waals surface area contributed by atoms with Gasteiger partial charge in [-0.1, -0.05) is 121 Å². The molecule has 3 aromatic carbocycles. The first kappa shape index (κ1) is 62.9. The molecule has 4 aromatic rings. The minimum Gasteiger partial charge on any atom is -0.487 e. The van der Waals surface area contributed by atoms with Crippen molar-refractivity contribution in [1.82, 2.24) is 41.6 Å². The number of aryl methyl sites for hydroxylation is 1. The predicted octanol–water partition coefficient (Wildman–Crippen LogP) is 7.04. The maximum Gasteiger partial charge on any atom is 0.411 e. The number of aliphatic carboxylic acids is 1. The SMILES string of the molecule is CCCCCCCCCC(=O)N[C@@H](Cc1ccccc1)C(=O)N[C@H]1CCCCNC(=O)/C=C/[C@H](Cc2ccc(NC(=O)OCCSSCCn3cc(COc4ccc(C(=O)NCCCC[C@H](N)C(=O)O)cc4)nn3)cc2)NC1=O. The van der Waals surface area contributed by atoms with Crippen LogP contribution in [0.15, 0.2) is 97.2 Å². The summed E-state index contributed by atoms with van der Waals surface area (Å²) in [5.74, 6) is -0.728. The lowest BCUT2D eigenvalue weighted by Gasteiger charge is -2.25. The molecule has 0 saturated heterocycles.